The van der Waals surface area contributed by atoms with Crippen LogP contribution in [-0.4, -0.2) is 116 Å². The Balaban J connectivity index is 2.59. The number of hydrogen-bond acceptors (Lipinski definition) is 17. The highest BCUT2D eigenvalue weighted by molar-refractivity contribution is 5.69. The predicted octanol–water partition coefficient (Wildman–Crippen LogP) is -0.799. The Hall–Kier alpha value is -4.03. The van der Waals surface area contributed by atoms with Gasteiger partial charge in [0.15, 0.2) is 36.8 Å². The topological polar surface area (TPSA) is 238 Å². The molecule has 0 bridgehead atoms. The number of carbonyl (C=O) groups is 7. The summed E-state index contributed by atoms with van der Waals surface area (Å²) in [6.07, 6.45) is -15.5. The Morgan fingerprint density at radius 3 is 1.34 bits per heavy atom. The van der Waals surface area contributed by atoms with Crippen molar-refractivity contribution in [2.45, 2.75) is 110 Å². The van der Waals surface area contributed by atoms with Gasteiger partial charge in [-0.25, -0.2) is 4.79 Å². The highest BCUT2D eigenvalue weighted by Crippen LogP contribution is 2.35. The fraction of sp³-hybridized carbons (Fsp3) is 0.731. The van der Waals surface area contributed by atoms with Crippen LogP contribution in [0.3, 0.4) is 0 Å². The molecule has 0 saturated carbocycles. The minimum Gasteiger partial charge on any atom is -0.463 e. The molecule has 0 aliphatic carbocycles. The summed E-state index contributed by atoms with van der Waals surface area (Å²) in [5, 5.41) is 0. The molecule has 10 atom stereocenters. The lowest BCUT2D eigenvalue weighted by atomic mass is 9.94. The van der Waals surface area contributed by atoms with Gasteiger partial charge < -0.3 is 53.1 Å². The molecule has 1 amide bonds. The van der Waals surface area contributed by atoms with Crippen LogP contribution >= 0.6 is 0 Å². The fourth-order valence-corrected chi connectivity index (χ4v) is 4.67. The first-order valence-corrected chi connectivity index (χ1v) is 13.4. The molecule has 0 aromatic heterocycles. The Kier molecular flexibility index (Phi) is 13.3. The number of amides is 1. The summed E-state index contributed by atoms with van der Waals surface area (Å²) in [6.45, 7) is 7.02. The number of nitrogens with two attached hydrogens (primary N) is 1. The number of hydrogen-bond donors (Lipinski definition) is 1. The molecule has 44 heavy (non-hydrogen) atoms. The van der Waals surface area contributed by atoms with E-state index in [1.165, 1.54) is 6.92 Å². The maximum Gasteiger partial charge on any atom is 0.405 e. The first-order valence-electron chi connectivity index (χ1n) is 13.4. The van der Waals surface area contributed by atoms with Crippen molar-refractivity contribution in [3.05, 3.63) is 0 Å². The van der Waals surface area contributed by atoms with Gasteiger partial charge in [0.05, 0.1) is 6.10 Å². The van der Waals surface area contributed by atoms with Gasteiger partial charge in [0.25, 0.3) is 0 Å². The van der Waals surface area contributed by atoms with Crippen LogP contribution in [0.5, 0.6) is 0 Å². The largest absolute Gasteiger partial charge is 0.463 e. The van der Waals surface area contributed by atoms with E-state index in [0.29, 0.717) is 0 Å². The van der Waals surface area contributed by atoms with Gasteiger partial charge in [-0.3, -0.25) is 28.8 Å². The molecule has 2 fully saturated rings. The quantitative estimate of drug-likeness (QED) is 0.216. The lowest BCUT2D eigenvalue weighted by Gasteiger charge is -2.48. The molecular weight excluding hydrogens is 598 g/mol. The van der Waals surface area contributed by atoms with Crippen LogP contribution < -0.4 is 5.73 Å². The third-order valence-corrected chi connectivity index (χ3v) is 6.11. The normalized spacial score (nSPS) is 31.4. The second kappa shape index (κ2) is 16.2. The standard InChI is InChI=1S/C26H37NO17/c1-10-19(22(39-14(5)31)20(38-13(4)30)17(37-10)8-35-11(2)28)43-25-24(41-16(7)33)23(40-15(6)32)21(44-26(27)34)18(42-25)9-36-12(3)29/h10,17-25H,8-9H2,1-7H3,(H2,27,34)/t10?,17-,18+,19+,20+,21+,22+,23-,24-,25+/m0/s1. The minimum absolute atomic E-state index is 0.386. The van der Waals surface area contributed by atoms with E-state index in [9.17, 15) is 33.6 Å². The zero-order valence-corrected chi connectivity index (χ0v) is 25.2. The van der Waals surface area contributed by atoms with E-state index in [4.69, 9.17) is 53.1 Å². The van der Waals surface area contributed by atoms with Gasteiger partial charge in [-0.2, -0.15) is 0 Å². The molecule has 0 radical (unpaired) electrons. The van der Waals surface area contributed by atoms with E-state index in [-0.39, 0.29) is 6.61 Å². The van der Waals surface area contributed by atoms with Crippen molar-refractivity contribution >= 4 is 41.9 Å². The van der Waals surface area contributed by atoms with Crippen molar-refractivity contribution in [2.24, 2.45) is 5.73 Å². The molecule has 1 unspecified atom stereocenters. The van der Waals surface area contributed by atoms with E-state index in [1.807, 2.05) is 0 Å². The number of primary amides is 1. The molecule has 2 saturated heterocycles. The average Bonchev–Trinajstić information content (AvgIpc) is 2.87. The molecule has 248 valence electrons. The molecule has 18 heteroatoms. The smallest absolute Gasteiger partial charge is 0.405 e. The van der Waals surface area contributed by atoms with Crippen molar-refractivity contribution in [2.75, 3.05) is 13.2 Å². The second-order valence-electron chi connectivity index (χ2n) is 9.83. The molecule has 0 aromatic rings. The highest BCUT2D eigenvalue weighted by Gasteiger charge is 2.56. The Morgan fingerprint density at radius 2 is 0.909 bits per heavy atom. The lowest BCUT2D eigenvalue weighted by Crippen LogP contribution is -2.66. The van der Waals surface area contributed by atoms with Crippen LogP contribution in [0.4, 0.5) is 4.79 Å². The summed E-state index contributed by atoms with van der Waals surface area (Å²) in [7, 11) is 0. The van der Waals surface area contributed by atoms with Gasteiger partial charge in [-0.1, -0.05) is 0 Å². The van der Waals surface area contributed by atoms with Crippen molar-refractivity contribution < 1.29 is 80.9 Å². The summed E-state index contributed by atoms with van der Waals surface area (Å²) in [5.41, 5.74) is 5.22. The Bertz CT molecular complexity index is 1090. The van der Waals surface area contributed by atoms with Gasteiger partial charge in [-0.15, -0.1) is 0 Å². The zero-order valence-electron chi connectivity index (χ0n) is 25.2. The highest BCUT2D eigenvalue weighted by atomic mass is 16.8. The predicted molar refractivity (Wildman–Crippen MR) is 138 cm³/mol. The van der Waals surface area contributed by atoms with E-state index in [2.05, 4.69) is 0 Å². The molecular formula is C26H37NO17. The van der Waals surface area contributed by atoms with Gasteiger partial charge in [-0.05, 0) is 6.92 Å². The van der Waals surface area contributed by atoms with Crippen molar-refractivity contribution in [1.29, 1.82) is 0 Å². The van der Waals surface area contributed by atoms with Crippen LogP contribution in [0, 0.1) is 0 Å². The Morgan fingerprint density at radius 1 is 0.523 bits per heavy atom. The van der Waals surface area contributed by atoms with E-state index < -0.39 is 110 Å². The molecule has 2 heterocycles. The average molecular weight is 636 g/mol. The maximum absolute atomic E-state index is 12.2. The molecule has 2 aliphatic rings. The molecule has 2 rings (SSSR count). The van der Waals surface area contributed by atoms with E-state index in [1.54, 1.807) is 0 Å². The molecule has 2 aliphatic heterocycles. The molecule has 2 N–H and O–H groups in total. The molecule has 0 aromatic carbocycles. The van der Waals surface area contributed by atoms with E-state index >= 15 is 0 Å². The number of rotatable bonds is 11. The minimum atomic E-state index is -1.70. The van der Waals surface area contributed by atoms with Crippen LogP contribution in [0.2, 0.25) is 0 Å². The summed E-state index contributed by atoms with van der Waals surface area (Å²) in [4.78, 5) is 83.3. The maximum atomic E-state index is 12.2. The zero-order chi connectivity index (χ0) is 33.3. The monoisotopic (exact) mass is 635 g/mol. The first kappa shape index (κ1) is 36.2. The third kappa shape index (κ3) is 10.6. The van der Waals surface area contributed by atoms with Crippen LogP contribution in [0.15, 0.2) is 0 Å². The van der Waals surface area contributed by atoms with Crippen LogP contribution in [0.25, 0.3) is 0 Å². The number of ether oxygens (including phenoxy) is 10. The third-order valence-electron chi connectivity index (χ3n) is 6.11. The van der Waals surface area contributed by atoms with Gasteiger partial charge in [0.1, 0.15) is 31.5 Å². The summed E-state index contributed by atoms with van der Waals surface area (Å²) < 4.78 is 54.8. The van der Waals surface area contributed by atoms with E-state index in [0.717, 1.165) is 41.5 Å². The van der Waals surface area contributed by atoms with Crippen molar-refractivity contribution in [3.63, 3.8) is 0 Å². The summed E-state index contributed by atoms with van der Waals surface area (Å²) in [5.74, 6) is -4.82. The second-order valence-corrected chi connectivity index (χ2v) is 9.83. The van der Waals surface area contributed by atoms with Crippen LogP contribution in [-0.2, 0) is 76.1 Å². The number of carbonyl (C=O) groups excluding carboxylic acids is 7. The van der Waals surface area contributed by atoms with Crippen LogP contribution in [0.1, 0.15) is 48.5 Å². The van der Waals surface area contributed by atoms with Gasteiger partial charge in [0, 0.05) is 41.5 Å². The summed E-state index contributed by atoms with van der Waals surface area (Å²) in [6, 6.07) is 0. The SMILES string of the molecule is CC(=O)OC[C@@H]1OC(C)[C@@H](O[C@H]2O[C@H](COC(C)=O)[C@@H](OC(N)=O)[C@H](OC(C)=O)[C@@H]2OC(C)=O)[C@@H](OC(C)=O)[C@@H]1OC(C)=O. The van der Waals surface area contributed by atoms with Crippen molar-refractivity contribution in [3.8, 4) is 0 Å². The summed E-state index contributed by atoms with van der Waals surface area (Å²) >= 11 is 0. The van der Waals surface area contributed by atoms with Gasteiger partial charge in [0.2, 0.25) is 0 Å². The lowest BCUT2D eigenvalue weighted by molar-refractivity contribution is -0.341. The fourth-order valence-electron chi connectivity index (χ4n) is 4.67. The molecule has 18 nitrogen and oxygen atoms in total. The molecule has 0 spiro atoms. The first-order chi connectivity index (χ1) is 20.5. The van der Waals surface area contributed by atoms with Gasteiger partial charge >= 0.3 is 41.9 Å². The Labute approximate surface area is 251 Å². The number of esters is 6. The van der Waals surface area contributed by atoms with Crippen molar-refractivity contribution in [1.82, 2.24) is 0 Å².